The Labute approximate surface area is 175 Å². The fourth-order valence-corrected chi connectivity index (χ4v) is 5.14. The molecule has 0 unspecified atom stereocenters. The molecule has 0 aromatic heterocycles. The lowest BCUT2D eigenvalue weighted by atomic mass is 10.1. The second-order valence-corrected chi connectivity index (χ2v) is 9.31. The predicted octanol–water partition coefficient (Wildman–Crippen LogP) is 4.38. The van der Waals surface area contributed by atoms with E-state index < -0.39 is 10.0 Å². The second-order valence-electron chi connectivity index (χ2n) is 6.79. The third kappa shape index (κ3) is 4.43. The summed E-state index contributed by atoms with van der Waals surface area (Å²) in [5, 5.41) is 3.12. The van der Waals surface area contributed by atoms with Crippen LogP contribution in [0.15, 0.2) is 63.8 Å². The number of rotatable bonds is 8. The molecular formula is C21H23N3O3S2. The van der Waals surface area contributed by atoms with Crippen LogP contribution in [0, 0.1) is 0 Å². The van der Waals surface area contributed by atoms with Crippen LogP contribution in [0.25, 0.3) is 5.70 Å². The van der Waals surface area contributed by atoms with Gasteiger partial charge in [0.25, 0.3) is 10.0 Å². The number of benzene rings is 2. The van der Waals surface area contributed by atoms with Gasteiger partial charge < -0.3 is 9.64 Å². The van der Waals surface area contributed by atoms with Crippen molar-refractivity contribution < 1.29 is 13.2 Å². The number of hydrogen-bond acceptors (Lipinski definition) is 6. The Hall–Kier alpha value is -2.45. The molecule has 0 spiro atoms. The molecule has 0 atom stereocenters. The van der Waals surface area contributed by atoms with Crippen LogP contribution in [0.3, 0.4) is 0 Å². The van der Waals surface area contributed by atoms with Crippen LogP contribution < -0.4 is 9.46 Å². The summed E-state index contributed by atoms with van der Waals surface area (Å²) in [4.78, 5) is 6.85. The highest BCUT2D eigenvalue weighted by atomic mass is 32.2. The van der Waals surface area contributed by atoms with Gasteiger partial charge in [-0.3, -0.25) is 9.71 Å². The first-order valence-corrected chi connectivity index (χ1v) is 12.0. The van der Waals surface area contributed by atoms with E-state index in [2.05, 4.69) is 26.9 Å². The quantitative estimate of drug-likeness (QED) is 0.631. The molecule has 0 aliphatic carbocycles. The average Bonchev–Trinajstić information content (AvgIpc) is 3.33. The van der Waals surface area contributed by atoms with Gasteiger partial charge in [-0.25, -0.2) is 8.42 Å². The van der Waals surface area contributed by atoms with Crippen molar-refractivity contribution in [1.29, 1.82) is 0 Å². The predicted molar refractivity (Wildman–Crippen MR) is 119 cm³/mol. The number of sulfonamides is 1. The van der Waals surface area contributed by atoms with E-state index in [4.69, 9.17) is 4.74 Å². The average molecular weight is 430 g/mol. The van der Waals surface area contributed by atoms with Crippen LogP contribution >= 0.6 is 11.8 Å². The topological polar surface area (TPSA) is 71.0 Å². The minimum atomic E-state index is -3.66. The molecule has 0 radical (unpaired) electrons. The normalized spacial score (nSPS) is 15.7. The Morgan fingerprint density at radius 1 is 1.14 bits per heavy atom. The van der Waals surface area contributed by atoms with Gasteiger partial charge in [-0.2, -0.15) is 0 Å². The highest BCUT2D eigenvalue weighted by Gasteiger charge is 2.27. The SMILES string of the molecule is CCCCOc1ccc(S(=O)(=O)Nc2ccc(C3=CSC4=NCCN34)cc2)cc1. The zero-order valence-electron chi connectivity index (χ0n) is 16.2. The number of anilines is 1. The summed E-state index contributed by atoms with van der Waals surface area (Å²) in [5.41, 5.74) is 2.68. The summed E-state index contributed by atoms with van der Waals surface area (Å²) in [7, 11) is -3.66. The number of unbranched alkanes of at least 4 members (excludes halogenated alkanes) is 1. The molecule has 2 aliphatic heterocycles. The van der Waals surface area contributed by atoms with E-state index in [1.807, 2.05) is 12.1 Å². The number of ether oxygens (including phenoxy) is 1. The van der Waals surface area contributed by atoms with Crippen molar-refractivity contribution in [3.63, 3.8) is 0 Å². The van der Waals surface area contributed by atoms with Gasteiger partial charge in [0.05, 0.1) is 23.7 Å². The standard InChI is InChI=1S/C21H23N3O3S2/c1-2-3-14-27-18-8-10-19(11-9-18)29(25,26)23-17-6-4-16(5-7-17)20-15-28-21-22-12-13-24(20)21/h4-11,15,23H,2-3,12-14H2,1H3. The fourth-order valence-electron chi connectivity index (χ4n) is 3.12. The first-order valence-electron chi connectivity index (χ1n) is 9.62. The summed E-state index contributed by atoms with van der Waals surface area (Å²) in [6.07, 6.45) is 2.02. The van der Waals surface area contributed by atoms with Crippen molar-refractivity contribution in [2.45, 2.75) is 24.7 Å². The highest BCUT2D eigenvalue weighted by molar-refractivity contribution is 8.16. The first-order chi connectivity index (χ1) is 14.1. The van der Waals surface area contributed by atoms with Gasteiger partial charge in [-0.15, -0.1) is 0 Å². The molecule has 0 bridgehead atoms. The molecule has 0 saturated heterocycles. The first kappa shape index (κ1) is 19.8. The van der Waals surface area contributed by atoms with Crippen molar-refractivity contribution in [2.75, 3.05) is 24.4 Å². The summed E-state index contributed by atoms with van der Waals surface area (Å²) in [6.45, 7) is 4.44. The zero-order chi connectivity index (χ0) is 20.3. The van der Waals surface area contributed by atoms with Crippen LogP contribution in [0.2, 0.25) is 0 Å². The van der Waals surface area contributed by atoms with Gasteiger partial charge >= 0.3 is 0 Å². The molecule has 2 aromatic rings. The summed E-state index contributed by atoms with van der Waals surface area (Å²) >= 11 is 1.63. The minimum Gasteiger partial charge on any atom is -0.494 e. The largest absolute Gasteiger partial charge is 0.494 e. The van der Waals surface area contributed by atoms with Crippen molar-refractivity contribution >= 4 is 38.3 Å². The molecule has 152 valence electrons. The number of thioether (sulfide) groups is 1. The Bertz CT molecular complexity index is 1030. The maximum Gasteiger partial charge on any atom is 0.261 e. The van der Waals surface area contributed by atoms with Crippen LogP contribution in [-0.4, -0.2) is 38.2 Å². The molecule has 6 nitrogen and oxygen atoms in total. The molecule has 2 aliphatic rings. The van der Waals surface area contributed by atoms with E-state index in [0.29, 0.717) is 18.0 Å². The summed E-state index contributed by atoms with van der Waals surface area (Å²) < 4.78 is 33.6. The maximum absolute atomic E-state index is 12.7. The summed E-state index contributed by atoms with van der Waals surface area (Å²) in [6, 6.07) is 13.9. The van der Waals surface area contributed by atoms with Crippen molar-refractivity contribution in [1.82, 2.24) is 4.90 Å². The lowest BCUT2D eigenvalue weighted by molar-refractivity contribution is 0.309. The Morgan fingerprint density at radius 2 is 1.90 bits per heavy atom. The smallest absolute Gasteiger partial charge is 0.261 e. The Balaban J connectivity index is 1.42. The molecule has 4 rings (SSSR count). The molecular weight excluding hydrogens is 406 g/mol. The highest BCUT2D eigenvalue weighted by Crippen LogP contribution is 2.35. The Morgan fingerprint density at radius 3 is 2.62 bits per heavy atom. The maximum atomic E-state index is 12.7. The van der Waals surface area contributed by atoms with E-state index >= 15 is 0 Å². The zero-order valence-corrected chi connectivity index (χ0v) is 17.8. The van der Waals surface area contributed by atoms with E-state index in [1.165, 1.54) is 0 Å². The molecule has 2 aromatic carbocycles. The minimum absolute atomic E-state index is 0.206. The van der Waals surface area contributed by atoms with Gasteiger partial charge in [-0.05, 0) is 48.4 Å². The number of aliphatic imine (C=N–C) groups is 1. The number of hydrogen-bond donors (Lipinski definition) is 1. The van der Waals surface area contributed by atoms with Crippen molar-refractivity contribution in [2.24, 2.45) is 4.99 Å². The van der Waals surface area contributed by atoms with Gasteiger partial charge in [0.15, 0.2) is 5.17 Å². The molecule has 0 amide bonds. The second kappa shape index (κ2) is 8.51. The van der Waals surface area contributed by atoms with Gasteiger partial charge in [0, 0.05) is 17.6 Å². The van der Waals surface area contributed by atoms with Crippen LogP contribution in [-0.2, 0) is 10.0 Å². The van der Waals surface area contributed by atoms with Gasteiger partial charge in [0.2, 0.25) is 0 Å². The number of nitrogens with one attached hydrogen (secondary N) is 1. The van der Waals surface area contributed by atoms with Crippen molar-refractivity contribution in [3.8, 4) is 5.75 Å². The molecule has 0 saturated carbocycles. The third-order valence-electron chi connectivity index (χ3n) is 4.70. The van der Waals surface area contributed by atoms with Crippen LogP contribution in [0.5, 0.6) is 5.75 Å². The lowest BCUT2D eigenvalue weighted by Crippen LogP contribution is -2.19. The van der Waals surface area contributed by atoms with Crippen LogP contribution in [0.1, 0.15) is 25.3 Å². The molecule has 1 N–H and O–H groups in total. The molecule has 0 fully saturated rings. The third-order valence-corrected chi connectivity index (χ3v) is 7.00. The monoisotopic (exact) mass is 429 g/mol. The number of fused-ring (bicyclic) bond motifs is 1. The fraction of sp³-hybridized carbons (Fsp3) is 0.286. The molecule has 2 heterocycles. The number of amidine groups is 1. The van der Waals surface area contributed by atoms with E-state index in [1.54, 1.807) is 48.2 Å². The van der Waals surface area contributed by atoms with Crippen molar-refractivity contribution in [3.05, 3.63) is 59.5 Å². The van der Waals surface area contributed by atoms with E-state index in [0.717, 1.165) is 42.4 Å². The lowest BCUT2D eigenvalue weighted by Gasteiger charge is -2.17. The van der Waals surface area contributed by atoms with E-state index in [-0.39, 0.29) is 4.90 Å². The molecule has 29 heavy (non-hydrogen) atoms. The summed E-state index contributed by atoms with van der Waals surface area (Å²) in [5.74, 6) is 0.675. The van der Waals surface area contributed by atoms with Crippen LogP contribution in [0.4, 0.5) is 5.69 Å². The van der Waals surface area contributed by atoms with Gasteiger partial charge in [-0.1, -0.05) is 37.2 Å². The molecule has 8 heteroatoms. The van der Waals surface area contributed by atoms with E-state index in [9.17, 15) is 8.42 Å². The Kier molecular flexibility index (Phi) is 5.82. The number of nitrogens with zero attached hydrogens (tertiary/aromatic N) is 2. The van der Waals surface area contributed by atoms with Gasteiger partial charge in [0.1, 0.15) is 5.75 Å².